The molecule has 0 saturated heterocycles. The number of hydrogen-bond acceptors (Lipinski definition) is 5. The lowest BCUT2D eigenvalue weighted by molar-refractivity contribution is 0.155. The van der Waals surface area contributed by atoms with Crippen molar-refractivity contribution in [1.82, 2.24) is 14.8 Å². The van der Waals surface area contributed by atoms with E-state index < -0.39 is 11.9 Å². The molecule has 4 aromatic rings. The second-order valence-electron chi connectivity index (χ2n) is 6.45. The minimum absolute atomic E-state index is 0.130. The summed E-state index contributed by atoms with van der Waals surface area (Å²) in [6, 6.07) is 9.80. The average Bonchev–Trinajstić information content (AvgIpc) is 3.21. The molecule has 148 valence electrons. The molecule has 2 heterocycles. The van der Waals surface area contributed by atoms with Crippen LogP contribution in [0.4, 0.5) is 14.2 Å². The van der Waals surface area contributed by atoms with E-state index in [1.807, 2.05) is 31.4 Å². The number of benzene rings is 2. The highest BCUT2D eigenvalue weighted by molar-refractivity contribution is 7.19. The Hall–Kier alpha value is -2.97. The van der Waals surface area contributed by atoms with Gasteiger partial charge < -0.3 is 4.74 Å². The van der Waals surface area contributed by atoms with Crippen LogP contribution in [0.25, 0.3) is 21.5 Å². The number of nitrogens with one attached hydrogen (secondary N) is 1. The largest absolute Gasteiger partial charge is 0.444 e. The molecule has 0 aliphatic heterocycles. The van der Waals surface area contributed by atoms with Gasteiger partial charge in [-0.25, -0.2) is 14.2 Å². The van der Waals surface area contributed by atoms with Crippen LogP contribution in [0.5, 0.6) is 0 Å². The lowest BCUT2D eigenvalue weighted by atomic mass is 10.2. The van der Waals surface area contributed by atoms with Crippen LogP contribution >= 0.6 is 22.9 Å². The lowest BCUT2D eigenvalue weighted by Crippen LogP contribution is -2.13. The number of aromatic nitrogens is 3. The zero-order chi connectivity index (χ0) is 20.5. The molecule has 0 aliphatic carbocycles. The number of amides is 1. The fraction of sp³-hybridized carbons (Fsp3) is 0.150. The van der Waals surface area contributed by atoms with Gasteiger partial charge in [0.25, 0.3) is 0 Å². The first-order chi connectivity index (χ1) is 13.9. The molecular formula is C20H16ClFN4O2S. The smallest absolute Gasteiger partial charge is 0.412 e. The SMILES string of the molecule is Cc1nc(-c2ccc(F)cc2Cl)sc1NC(=O)OCc1ccc2nn(C)cc2c1. The van der Waals surface area contributed by atoms with Gasteiger partial charge in [-0.2, -0.15) is 5.10 Å². The number of hydrogen-bond donors (Lipinski definition) is 1. The summed E-state index contributed by atoms with van der Waals surface area (Å²) in [6.45, 7) is 1.90. The monoisotopic (exact) mass is 430 g/mol. The molecule has 0 unspecified atom stereocenters. The summed E-state index contributed by atoms with van der Waals surface area (Å²) in [5.41, 5.74) is 2.97. The van der Waals surface area contributed by atoms with E-state index in [0.29, 0.717) is 21.3 Å². The Morgan fingerprint density at radius 1 is 1.31 bits per heavy atom. The van der Waals surface area contributed by atoms with Gasteiger partial charge in [-0.15, -0.1) is 0 Å². The van der Waals surface area contributed by atoms with Crippen LogP contribution in [0.1, 0.15) is 11.3 Å². The third-order valence-electron chi connectivity index (χ3n) is 4.23. The van der Waals surface area contributed by atoms with Crippen molar-refractivity contribution in [2.45, 2.75) is 13.5 Å². The van der Waals surface area contributed by atoms with E-state index >= 15 is 0 Å². The van der Waals surface area contributed by atoms with E-state index in [1.165, 1.54) is 23.5 Å². The van der Waals surface area contributed by atoms with E-state index in [4.69, 9.17) is 16.3 Å². The summed E-state index contributed by atoms with van der Waals surface area (Å²) in [7, 11) is 1.86. The van der Waals surface area contributed by atoms with Crippen LogP contribution in [-0.4, -0.2) is 20.9 Å². The number of thiazole rings is 1. The van der Waals surface area contributed by atoms with Crippen molar-refractivity contribution in [2.75, 3.05) is 5.32 Å². The van der Waals surface area contributed by atoms with Gasteiger partial charge in [-0.05, 0) is 42.8 Å². The maximum Gasteiger partial charge on any atom is 0.412 e. The van der Waals surface area contributed by atoms with Crippen molar-refractivity contribution in [2.24, 2.45) is 7.05 Å². The maximum atomic E-state index is 13.3. The van der Waals surface area contributed by atoms with Crippen LogP contribution in [0.15, 0.2) is 42.6 Å². The standard InChI is InChI=1S/C20H16ClFN4O2S/c1-11-18(29-19(23-11)15-5-4-14(22)8-16(15)21)24-20(27)28-10-12-3-6-17-13(7-12)9-26(2)25-17/h3-9H,10H2,1-2H3,(H,24,27). The van der Waals surface area contributed by atoms with Crippen LogP contribution in [0, 0.1) is 12.7 Å². The molecule has 0 atom stereocenters. The van der Waals surface area contributed by atoms with Crippen molar-refractivity contribution in [3.05, 3.63) is 64.7 Å². The molecule has 6 nitrogen and oxygen atoms in total. The molecule has 0 spiro atoms. The van der Waals surface area contributed by atoms with Gasteiger partial charge in [0.05, 0.1) is 16.2 Å². The van der Waals surface area contributed by atoms with Gasteiger partial charge >= 0.3 is 6.09 Å². The Morgan fingerprint density at radius 2 is 2.14 bits per heavy atom. The fourth-order valence-corrected chi connectivity index (χ4v) is 4.16. The number of aryl methyl sites for hydroxylation is 2. The number of carbonyl (C=O) groups is 1. The number of fused-ring (bicyclic) bond motifs is 1. The highest BCUT2D eigenvalue weighted by Crippen LogP contribution is 2.35. The Morgan fingerprint density at radius 3 is 2.93 bits per heavy atom. The number of anilines is 1. The molecule has 4 rings (SSSR count). The van der Waals surface area contributed by atoms with Crippen molar-refractivity contribution in [3.8, 4) is 10.6 Å². The van der Waals surface area contributed by atoms with Crippen LogP contribution in [0.3, 0.4) is 0 Å². The zero-order valence-corrected chi connectivity index (χ0v) is 17.1. The van der Waals surface area contributed by atoms with Gasteiger partial charge in [0, 0.05) is 24.2 Å². The first kappa shape index (κ1) is 19.4. The van der Waals surface area contributed by atoms with Crippen molar-refractivity contribution in [3.63, 3.8) is 0 Å². The van der Waals surface area contributed by atoms with E-state index in [0.717, 1.165) is 16.5 Å². The Bertz CT molecular complexity index is 1220. The molecule has 0 saturated carbocycles. The van der Waals surface area contributed by atoms with Crippen molar-refractivity contribution >= 4 is 44.9 Å². The summed E-state index contributed by atoms with van der Waals surface area (Å²) in [5, 5.41) is 9.40. The highest BCUT2D eigenvalue weighted by Gasteiger charge is 2.15. The number of nitrogens with zero attached hydrogens (tertiary/aromatic N) is 3. The molecule has 0 radical (unpaired) electrons. The summed E-state index contributed by atoms with van der Waals surface area (Å²) < 4.78 is 20.3. The Balaban J connectivity index is 1.43. The maximum absolute atomic E-state index is 13.3. The zero-order valence-electron chi connectivity index (χ0n) is 15.6. The van der Waals surface area contributed by atoms with Crippen LogP contribution in [-0.2, 0) is 18.4 Å². The molecular weight excluding hydrogens is 415 g/mol. The van der Waals surface area contributed by atoms with Crippen molar-refractivity contribution in [1.29, 1.82) is 0 Å². The number of rotatable bonds is 4. The predicted octanol–water partition coefficient (Wildman–Crippen LogP) is 5.55. The van der Waals surface area contributed by atoms with E-state index in [9.17, 15) is 9.18 Å². The normalized spacial score (nSPS) is 11.0. The molecule has 1 amide bonds. The first-order valence-corrected chi connectivity index (χ1v) is 9.87. The fourth-order valence-electron chi connectivity index (χ4n) is 2.86. The Kier molecular flexibility index (Phi) is 5.21. The van der Waals surface area contributed by atoms with Gasteiger partial charge in [-0.3, -0.25) is 10.00 Å². The molecule has 2 aromatic carbocycles. The van der Waals surface area contributed by atoms with E-state index in [1.54, 1.807) is 17.7 Å². The molecule has 9 heteroatoms. The number of halogens is 2. The molecule has 0 bridgehead atoms. The number of carbonyl (C=O) groups excluding carboxylic acids is 1. The summed E-state index contributed by atoms with van der Waals surface area (Å²) in [4.78, 5) is 16.6. The molecule has 29 heavy (non-hydrogen) atoms. The minimum atomic E-state index is -0.584. The second kappa shape index (κ2) is 7.81. The topological polar surface area (TPSA) is 69.0 Å². The van der Waals surface area contributed by atoms with Crippen molar-refractivity contribution < 1.29 is 13.9 Å². The summed E-state index contributed by atoms with van der Waals surface area (Å²) in [6.07, 6.45) is 1.32. The summed E-state index contributed by atoms with van der Waals surface area (Å²) in [5.74, 6) is -0.418. The summed E-state index contributed by atoms with van der Waals surface area (Å²) >= 11 is 7.35. The molecule has 1 N–H and O–H groups in total. The highest BCUT2D eigenvalue weighted by atomic mass is 35.5. The third-order valence-corrected chi connectivity index (χ3v) is 5.65. The third kappa shape index (κ3) is 4.23. The van der Waals surface area contributed by atoms with Gasteiger partial charge in [0.1, 0.15) is 22.4 Å². The lowest BCUT2D eigenvalue weighted by Gasteiger charge is -2.06. The predicted molar refractivity (Wildman–Crippen MR) is 112 cm³/mol. The Labute approximate surface area is 174 Å². The van der Waals surface area contributed by atoms with Gasteiger partial charge in [0.2, 0.25) is 0 Å². The van der Waals surface area contributed by atoms with Crippen LogP contribution in [0.2, 0.25) is 5.02 Å². The molecule has 0 aliphatic rings. The van der Waals surface area contributed by atoms with Gasteiger partial charge in [-0.1, -0.05) is 29.0 Å². The van der Waals surface area contributed by atoms with E-state index in [2.05, 4.69) is 15.4 Å². The molecule has 0 fully saturated rings. The average molecular weight is 431 g/mol. The second-order valence-corrected chi connectivity index (χ2v) is 7.86. The van der Waals surface area contributed by atoms with Crippen LogP contribution < -0.4 is 5.32 Å². The quantitative estimate of drug-likeness (QED) is 0.461. The minimum Gasteiger partial charge on any atom is -0.444 e. The van der Waals surface area contributed by atoms with Gasteiger partial charge in [0.15, 0.2) is 0 Å². The van der Waals surface area contributed by atoms with E-state index in [-0.39, 0.29) is 11.6 Å². The molecule has 2 aromatic heterocycles. The first-order valence-electron chi connectivity index (χ1n) is 8.68. The number of ether oxygens (including phenoxy) is 1.